The quantitative estimate of drug-likeness (QED) is 0.0553. The molecule has 0 heterocycles. The van der Waals surface area contributed by atoms with E-state index in [2.05, 4.69) is 20.9 Å². The van der Waals surface area contributed by atoms with Crippen LogP contribution in [0.1, 0.15) is 168 Å². The van der Waals surface area contributed by atoms with Crippen molar-refractivity contribution in [3.8, 4) is 0 Å². The molecule has 34 heavy (non-hydrogen) atoms. The van der Waals surface area contributed by atoms with Gasteiger partial charge in [0.1, 0.15) is 0 Å². The predicted octanol–water partition coefficient (Wildman–Crippen LogP) is 8.08. The molecular weight excluding hydrogens is 457 g/mol. The van der Waals surface area contributed by atoms with E-state index in [1.165, 1.54) is 172 Å². The van der Waals surface area contributed by atoms with Crippen LogP contribution in [0.3, 0.4) is 0 Å². The SMILES string of the molecule is CCCCCCCCCCCCCC[N+](C)(CCCl)CCCCCCCCCCCCCC.[Cl-]. The molecule has 0 amide bonds. The van der Waals surface area contributed by atoms with Gasteiger partial charge in [0.05, 0.1) is 32.6 Å². The van der Waals surface area contributed by atoms with Crippen LogP contribution in [0.15, 0.2) is 0 Å². The highest BCUT2D eigenvalue weighted by Crippen LogP contribution is 2.16. The summed E-state index contributed by atoms with van der Waals surface area (Å²) < 4.78 is 1.21. The maximum Gasteiger partial charge on any atom is 0.0922 e. The molecule has 0 saturated carbocycles. The first-order valence-electron chi connectivity index (χ1n) is 15.6. The van der Waals surface area contributed by atoms with Crippen LogP contribution in [0.5, 0.6) is 0 Å². The molecule has 0 radical (unpaired) electrons. The smallest absolute Gasteiger partial charge is 0.0922 e. The Kier molecular flexibility index (Phi) is 32.1. The molecule has 0 aliphatic heterocycles. The van der Waals surface area contributed by atoms with Gasteiger partial charge < -0.3 is 16.9 Å². The zero-order chi connectivity index (χ0) is 24.3. The minimum absolute atomic E-state index is 0. The Morgan fingerprint density at radius 1 is 0.382 bits per heavy atom. The van der Waals surface area contributed by atoms with Crippen molar-refractivity contribution in [3.05, 3.63) is 0 Å². The van der Waals surface area contributed by atoms with Crippen molar-refractivity contribution in [3.63, 3.8) is 0 Å². The Balaban J connectivity index is 0. The first kappa shape index (κ1) is 36.7. The molecule has 3 heteroatoms. The van der Waals surface area contributed by atoms with Crippen molar-refractivity contribution < 1.29 is 16.9 Å². The van der Waals surface area contributed by atoms with Crippen LogP contribution < -0.4 is 12.4 Å². The Morgan fingerprint density at radius 3 is 0.853 bits per heavy atom. The molecule has 0 N–H and O–H groups in total. The largest absolute Gasteiger partial charge is 1.00 e. The zero-order valence-electron chi connectivity index (χ0n) is 24.0. The second-order valence-corrected chi connectivity index (χ2v) is 11.6. The van der Waals surface area contributed by atoms with Crippen LogP contribution in [0.25, 0.3) is 0 Å². The van der Waals surface area contributed by atoms with Crippen molar-refractivity contribution in [2.45, 2.75) is 168 Å². The Morgan fingerprint density at radius 2 is 0.618 bits per heavy atom. The van der Waals surface area contributed by atoms with E-state index in [9.17, 15) is 0 Å². The first-order valence-corrected chi connectivity index (χ1v) is 16.1. The maximum absolute atomic E-state index is 6.17. The van der Waals surface area contributed by atoms with Crippen molar-refractivity contribution in [2.24, 2.45) is 0 Å². The fourth-order valence-corrected chi connectivity index (χ4v) is 5.62. The molecule has 0 unspecified atom stereocenters. The molecule has 0 rings (SSSR count). The van der Waals surface area contributed by atoms with Gasteiger partial charge in [-0.15, -0.1) is 11.6 Å². The van der Waals surface area contributed by atoms with E-state index in [-0.39, 0.29) is 12.4 Å². The summed E-state index contributed by atoms with van der Waals surface area (Å²) in [6.45, 7) is 8.43. The minimum atomic E-state index is 0. The van der Waals surface area contributed by atoms with Gasteiger partial charge in [-0.25, -0.2) is 0 Å². The molecule has 0 aromatic carbocycles. The lowest BCUT2D eigenvalue weighted by atomic mass is 10.0. The molecule has 0 bridgehead atoms. The molecule has 0 aromatic heterocycles. The Hall–Kier alpha value is 0.540. The van der Waals surface area contributed by atoms with Crippen LogP contribution in [-0.4, -0.2) is 37.0 Å². The Labute approximate surface area is 228 Å². The van der Waals surface area contributed by atoms with Crippen LogP contribution >= 0.6 is 11.6 Å². The number of alkyl halides is 1. The number of rotatable bonds is 28. The fourth-order valence-electron chi connectivity index (χ4n) is 5.21. The number of halogens is 2. The van der Waals surface area contributed by atoms with E-state index < -0.39 is 0 Å². The van der Waals surface area contributed by atoms with Crippen LogP contribution in [-0.2, 0) is 0 Å². The van der Waals surface area contributed by atoms with Crippen LogP contribution in [0.2, 0.25) is 0 Å². The lowest BCUT2D eigenvalue weighted by Gasteiger charge is -2.34. The summed E-state index contributed by atoms with van der Waals surface area (Å²) >= 11 is 6.17. The van der Waals surface area contributed by atoms with Crippen molar-refractivity contribution >= 4 is 11.6 Å². The summed E-state index contributed by atoms with van der Waals surface area (Å²) in [5, 5.41) is 0. The average molecular weight is 523 g/mol. The van der Waals surface area contributed by atoms with E-state index in [4.69, 9.17) is 11.6 Å². The topological polar surface area (TPSA) is 0 Å². The number of nitrogens with zero attached hydrogens (tertiary/aromatic N) is 1. The summed E-state index contributed by atoms with van der Waals surface area (Å²) in [6.07, 6.45) is 34.5. The lowest BCUT2D eigenvalue weighted by molar-refractivity contribution is -0.907. The van der Waals surface area contributed by atoms with Crippen molar-refractivity contribution in [2.75, 3.05) is 32.6 Å². The summed E-state index contributed by atoms with van der Waals surface area (Å²) in [6, 6.07) is 0. The third-order valence-electron chi connectivity index (χ3n) is 7.73. The zero-order valence-corrected chi connectivity index (χ0v) is 25.5. The van der Waals surface area contributed by atoms with Gasteiger partial charge in [-0.05, 0) is 25.7 Å². The van der Waals surface area contributed by atoms with Gasteiger partial charge >= 0.3 is 0 Å². The fraction of sp³-hybridized carbons (Fsp3) is 1.00. The van der Waals surface area contributed by atoms with E-state index in [0.717, 1.165) is 12.4 Å². The molecule has 1 nitrogen and oxygen atoms in total. The highest BCUT2D eigenvalue weighted by Gasteiger charge is 2.19. The number of quaternary nitrogens is 1. The van der Waals surface area contributed by atoms with Crippen molar-refractivity contribution in [1.82, 2.24) is 0 Å². The predicted molar refractivity (Wildman–Crippen MR) is 154 cm³/mol. The minimum Gasteiger partial charge on any atom is -1.00 e. The lowest BCUT2D eigenvalue weighted by Crippen LogP contribution is -3.00. The van der Waals surface area contributed by atoms with Gasteiger partial charge in [0.2, 0.25) is 0 Å². The summed E-state index contributed by atoms with van der Waals surface area (Å²) in [5.74, 6) is 0.813. The second kappa shape index (κ2) is 29.8. The number of hydrogen-bond donors (Lipinski definition) is 0. The third-order valence-corrected chi connectivity index (χ3v) is 7.90. The third kappa shape index (κ3) is 27.1. The maximum atomic E-state index is 6.17. The summed E-state index contributed by atoms with van der Waals surface area (Å²) in [5.41, 5.74) is 0. The van der Waals surface area contributed by atoms with Crippen molar-refractivity contribution in [1.29, 1.82) is 0 Å². The van der Waals surface area contributed by atoms with Gasteiger partial charge in [-0.3, -0.25) is 0 Å². The highest BCUT2D eigenvalue weighted by molar-refractivity contribution is 6.17. The molecule has 0 aliphatic rings. The van der Waals surface area contributed by atoms with Crippen LogP contribution in [0.4, 0.5) is 0 Å². The molecule has 0 fully saturated rings. The number of unbranched alkanes of at least 4 members (excludes halogenated alkanes) is 22. The average Bonchev–Trinajstić information content (AvgIpc) is 2.81. The van der Waals surface area contributed by atoms with Gasteiger partial charge in [-0.2, -0.15) is 0 Å². The standard InChI is InChI=1S/C31H65ClN.ClH/c1-4-6-8-10-12-14-16-18-20-22-24-26-29-33(3,31-28-32)30-27-25-23-21-19-17-15-13-11-9-7-5-2;/h4-31H2,1-3H3;1H/q+1;/p-1. The first-order chi connectivity index (χ1) is 16.2. The van der Waals surface area contributed by atoms with Gasteiger partial charge in [-0.1, -0.05) is 142 Å². The second-order valence-electron chi connectivity index (χ2n) is 11.3. The van der Waals surface area contributed by atoms with Crippen LogP contribution in [0, 0.1) is 0 Å². The highest BCUT2D eigenvalue weighted by atomic mass is 35.5. The monoisotopic (exact) mass is 521 g/mol. The van der Waals surface area contributed by atoms with E-state index in [1.807, 2.05) is 0 Å². The molecule has 0 aliphatic carbocycles. The van der Waals surface area contributed by atoms with E-state index in [0.29, 0.717) is 0 Å². The molecular formula is C31H65Cl2N. The summed E-state index contributed by atoms with van der Waals surface area (Å²) in [4.78, 5) is 0. The van der Waals surface area contributed by atoms with Gasteiger partial charge in [0.15, 0.2) is 0 Å². The summed E-state index contributed by atoms with van der Waals surface area (Å²) in [7, 11) is 2.46. The normalized spacial score (nSPS) is 11.6. The molecule has 208 valence electrons. The van der Waals surface area contributed by atoms with E-state index in [1.54, 1.807) is 0 Å². The Bertz CT molecular complexity index is 333. The van der Waals surface area contributed by atoms with E-state index >= 15 is 0 Å². The van der Waals surface area contributed by atoms with Gasteiger partial charge in [0.25, 0.3) is 0 Å². The molecule has 0 spiro atoms. The molecule has 0 atom stereocenters. The number of hydrogen-bond acceptors (Lipinski definition) is 0. The molecule has 0 aromatic rings. The van der Waals surface area contributed by atoms with Gasteiger partial charge in [0, 0.05) is 0 Å². The molecule has 0 saturated heterocycles.